The summed E-state index contributed by atoms with van der Waals surface area (Å²) in [6, 6.07) is 9.23. The van der Waals surface area contributed by atoms with Crippen LogP contribution in [0.1, 0.15) is 0 Å². The average molecular weight is 196 g/mol. The molecule has 3 nitrogen and oxygen atoms in total. The van der Waals surface area contributed by atoms with E-state index < -0.39 is 0 Å². The van der Waals surface area contributed by atoms with Gasteiger partial charge in [0.2, 0.25) is 11.0 Å². The van der Waals surface area contributed by atoms with Crippen molar-refractivity contribution in [1.82, 2.24) is 4.98 Å². The minimum absolute atomic E-state index is 0.0150. The summed E-state index contributed by atoms with van der Waals surface area (Å²) in [5, 5.41) is 9.03. The van der Waals surface area contributed by atoms with Crippen molar-refractivity contribution in [1.29, 1.82) is 0 Å². The lowest BCUT2D eigenvalue weighted by Gasteiger charge is -1.91. The van der Waals surface area contributed by atoms with Gasteiger partial charge >= 0.3 is 5.95 Å². The van der Waals surface area contributed by atoms with Crippen LogP contribution in [-0.4, -0.2) is 10.1 Å². The van der Waals surface area contributed by atoms with E-state index in [1.54, 1.807) is 0 Å². The van der Waals surface area contributed by atoms with Crippen LogP contribution in [0.5, 0.6) is 5.95 Å². The van der Waals surface area contributed by atoms with Gasteiger partial charge in [0, 0.05) is 5.56 Å². The Morgan fingerprint density at radius 3 is 2.46 bits per heavy atom. The highest BCUT2D eigenvalue weighted by atomic mass is 35.5. The van der Waals surface area contributed by atoms with E-state index in [1.807, 2.05) is 30.3 Å². The third-order valence-electron chi connectivity index (χ3n) is 1.59. The first-order valence-corrected chi connectivity index (χ1v) is 4.06. The smallest absolute Gasteiger partial charge is 0.323 e. The molecule has 0 fully saturated rings. The van der Waals surface area contributed by atoms with E-state index in [-0.39, 0.29) is 11.1 Å². The largest absolute Gasteiger partial charge is 0.478 e. The fraction of sp³-hybridized carbons (Fsp3) is 0. The zero-order chi connectivity index (χ0) is 9.26. The van der Waals surface area contributed by atoms with E-state index in [0.29, 0.717) is 5.89 Å². The predicted octanol–water partition coefficient (Wildman–Crippen LogP) is 2.70. The highest BCUT2D eigenvalue weighted by Gasteiger charge is 2.10. The molecule has 0 amide bonds. The first kappa shape index (κ1) is 8.13. The van der Waals surface area contributed by atoms with Gasteiger partial charge in [-0.25, -0.2) is 0 Å². The number of oxazole rings is 1. The lowest BCUT2D eigenvalue weighted by Crippen LogP contribution is -1.74. The molecule has 66 valence electrons. The number of benzene rings is 1. The second-order valence-corrected chi connectivity index (χ2v) is 2.84. The quantitative estimate of drug-likeness (QED) is 0.761. The first-order chi connectivity index (χ1) is 6.27. The van der Waals surface area contributed by atoms with Crippen LogP contribution in [0, 0.1) is 0 Å². The van der Waals surface area contributed by atoms with E-state index in [0.717, 1.165) is 5.56 Å². The Morgan fingerprint density at radius 1 is 1.23 bits per heavy atom. The molecule has 4 heteroatoms. The Morgan fingerprint density at radius 2 is 1.92 bits per heavy atom. The number of nitrogens with zero attached hydrogens (tertiary/aromatic N) is 1. The van der Waals surface area contributed by atoms with Gasteiger partial charge in [-0.2, -0.15) is 4.98 Å². The Labute approximate surface area is 79.6 Å². The van der Waals surface area contributed by atoms with Crippen molar-refractivity contribution in [2.24, 2.45) is 0 Å². The molecule has 0 bridgehead atoms. The van der Waals surface area contributed by atoms with Crippen molar-refractivity contribution in [2.45, 2.75) is 0 Å². The van der Waals surface area contributed by atoms with E-state index in [9.17, 15) is 0 Å². The second-order valence-electron chi connectivity index (χ2n) is 2.48. The van der Waals surface area contributed by atoms with Gasteiger partial charge in [0.15, 0.2) is 0 Å². The molecule has 0 saturated heterocycles. The molecule has 2 rings (SSSR count). The molecule has 0 aliphatic heterocycles. The maximum Gasteiger partial charge on any atom is 0.323 e. The van der Waals surface area contributed by atoms with Gasteiger partial charge < -0.3 is 9.52 Å². The Balaban J connectivity index is 2.48. The van der Waals surface area contributed by atoms with Crippen molar-refractivity contribution in [3.05, 3.63) is 35.5 Å². The van der Waals surface area contributed by atoms with Gasteiger partial charge in [-0.15, -0.1) is 0 Å². The summed E-state index contributed by atoms with van der Waals surface area (Å²) >= 11 is 5.52. The van der Waals surface area contributed by atoms with Gasteiger partial charge in [-0.05, 0) is 12.1 Å². The topological polar surface area (TPSA) is 46.3 Å². The van der Waals surface area contributed by atoms with Gasteiger partial charge in [0.25, 0.3) is 0 Å². The maximum atomic E-state index is 9.04. The molecule has 1 aromatic heterocycles. The van der Waals surface area contributed by atoms with Gasteiger partial charge in [0.1, 0.15) is 0 Å². The van der Waals surface area contributed by atoms with E-state index >= 15 is 0 Å². The van der Waals surface area contributed by atoms with Crippen molar-refractivity contribution < 1.29 is 9.52 Å². The number of halogens is 1. The minimum atomic E-state index is -0.347. The summed E-state index contributed by atoms with van der Waals surface area (Å²) in [6.07, 6.45) is 0. The molecule has 0 saturated carbocycles. The molecule has 0 radical (unpaired) electrons. The summed E-state index contributed by atoms with van der Waals surface area (Å²) in [5.41, 5.74) is 0.782. The summed E-state index contributed by atoms with van der Waals surface area (Å²) < 4.78 is 4.91. The van der Waals surface area contributed by atoms with Crippen molar-refractivity contribution in [3.63, 3.8) is 0 Å². The fourth-order valence-electron chi connectivity index (χ4n) is 0.998. The lowest BCUT2D eigenvalue weighted by atomic mass is 10.2. The summed E-state index contributed by atoms with van der Waals surface area (Å²) in [7, 11) is 0. The van der Waals surface area contributed by atoms with Gasteiger partial charge in [-0.1, -0.05) is 29.8 Å². The number of aromatic nitrogens is 1. The van der Waals surface area contributed by atoms with Gasteiger partial charge in [-0.3, -0.25) is 0 Å². The standard InChI is InChI=1S/C9H6ClNO2/c10-7-9(12)13-8(11-7)6-4-2-1-3-5-6/h1-5,12H. The number of hydrogen-bond acceptors (Lipinski definition) is 3. The lowest BCUT2D eigenvalue weighted by molar-refractivity contribution is 0.337. The van der Waals surface area contributed by atoms with Crippen LogP contribution in [0.4, 0.5) is 0 Å². The molecule has 1 aromatic carbocycles. The number of rotatable bonds is 1. The van der Waals surface area contributed by atoms with E-state index in [4.69, 9.17) is 21.1 Å². The van der Waals surface area contributed by atoms with E-state index in [1.165, 1.54) is 0 Å². The van der Waals surface area contributed by atoms with Crippen LogP contribution in [-0.2, 0) is 0 Å². The molecule has 0 atom stereocenters. The molecule has 0 unspecified atom stereocenters. The second kappa shape index (κ2) is 3.11. The highest BCUT2D eigenvalue weighted by Crippen LogP contribution is 2.28. The zero-order valence-corrected chi connectivity index (χ0v) is 7.32. The monoisotopic (exact) mass is 195 g/mol. The van der Waals surface area contributed by atoms with Crippen LogP contribution in [0.3, 0.4) is 0 Å². The molecule has 0 aliphatic carbocycles. The molecule has 0 spiro atoms. The first-order valence-electron chi connectivity index (χ1n) is 3.68. The number of hydrogen-bond donors (Lipinski definition) is 1. The molecule has 1 heterocycles. The average Bonchev–Trinajstić information content (AvgIpc) is 2.49. The van der Waals surface area contributed by atoms with Crippen molar-refractivity contribution in [2.75, 3.05) is 0 Å². The van der Waals surface area contributed by atoms with Crippen molar-refractivity contribution in [3.8, 4) is 17.4 Å². The van der Waals surface area contributed by atoms with Crippen LogP contribution >= 0.6 is 11.6 Å². The zero-order valence-electron chi connectivity index (χ0n) is 6.57. The van der Waals surface area contributed by atoms with Crippen molar-refractivity contribution >= 4 is 11.6 Å². The fourth-order valence-corrected chi connectivity index (χ4v) is 1.11. The normalized spacial score (nSPS) is 10.2. The van der Waals surface area contributed by atoms with Crippen LogP contribution < -0.4 is 0 Å². The molecule has 0 aliphatic rings. The number of aromatic hydroxyl groups is 1. The third-order valence-corrected chi connectivity index (χ3v) is 1.84. The SMILES string of the molecule is Oc1oc(-c2ccccc2)nc1Cl. The molecular formula is C9H6ClNO2. The van der Waals surface area contributed by atoms with Crippen LogP contribution in [0.25, 0.3) is 11.5 Å². The summed E-state index contributed by atoms with van der Waals surface area (Å²) in [6.45, 7) is 0. The Hall–Kier alpha value is -1.48. The molecule has 13 heavy (non-hydrogen) atoms. The summed E-state index contributed by atoms with van der Waals surface area (Å²) in [5.74, 6) is -0.0244. The third kappa shape index (κ3) is 1.51. The van der Waals surface area contributed by atoms with Crippen LogP contribution in [0.15, 0.2) is 34.7 Å². The summed E-state index contributed by atoms with van der Waals surface area (Å²) in [4.78, 5) is 3.83. The Kier molecular flexibility index (Phi) is 1.94. The minimum Gasteiger partial charge on any atom is -0.478 e. The van der Waals surface area contributed by atoms with E-state index in [2.05, 4.69) is 4.98 Å². The molecule has 2 aromatic rings. The van der Waals surface area contributed by atoms with Crippen LogP contribution in [0.2, 0.25) is 5.15 Å². The maximum absolute atomic E-state index is 9.04. The van der Waals surface area contributed by atoms with Gasteiger partial charge in [0.05, 0.1) is 0 Å². The molecular weight excluding hydrogens is 190 g/mol. The molecule has 1 N–H and O–H groups in total. The Bertz CT molecular complexity index is 391. The predicted molar refractivity (Wildman–Crippen MR) is 48.6 cm³/mol. The highest BCUT2D eigenvalue weighted by molar-refractivity contribution is 6.30.